The van der Waals surface area contributed by atoms with Gasteiger partial charge in [-0.15, -0.1) is 11.3 Å². The summed E-state index contributed by atoms with van der Waals surface area (Å²) in [6.45, 7) is 13.2. The number of thiazole rings is 1. The topological polar surface area (TPSA) is 39.7 Å². The Kier molecular flexibility index (Phi) is 8.13. The Bertz CT molecular complexity index is 1240. The van der Waals surface area contributed by atoms with Crippen molar-refractivity contribution in [1.82, 2.24) is 14.8 Å². The van der Waals surface area contributed by atoms with Gasteiger partial charge in [0.05, 0.1) is 17.2 Å². The van der Waals surface area contributed by atoms with Crippen LogP contribution >= 0.6 is 22.9 Å². The maximum absolute atomic E-state index is 13.3. The van der Waals surface area contributed by atoms with E-state index >= 15 is 0 Å². The van der Waals surface area contributed by atoms with Crippen molar-refractivity contribution in [2.75, 3.05) is 31.1 Å². The van der Waals surface area contributed by atoms with Crippen LogP contribution in [0.15, 0.2) is 47.8 Å². The van der Waals surface area contributed by atoms with Crippen LogP contribution in [0.4, 0.5) is 5.69 Å². The summed E-state index contributed by atoms with van der Waals surface area (Å²) >= 11 is 7.92. The van der Waals surface area contributed by atoms with Gasteiger partial charge in [0.15, 0.2) is 0 Å². The van der Waals surface area contributed by atoms with Crippen LogP contribution in [0.5, 0.6) is 0 Å². The Balaban J connectivity index is 1.22. The average molecular weight is 551 g/mol. The van der Waals surface area contributed by atoms with Gasteiger partial charge in [-0.25, -0.2) is 4.98 Å². The molecule has 0 bridgehead atoms. The number of aryl methyl sites for hydroxylation is 3. The quantitative estimate of drug-likeness (QED) is 0.335. The number of nitrogens with zero attached hydrogens (tertiary/aromatic N) is 4. The largest absolute Gasteiger partial charge is 0.363 e. The number of hydrogen-bond donors (Lipinski definition) is 0. The zero-order valence-corrected chi connectivity index (χ0v) is 24.6. The Labute approximate surface area is 236 Å². The molecule has 3 aromatic rings. The summed E-state index contributed by atoms with van der Waals surface area (Å²) in [5.41, 5.74) is 5.52. The van der Waals surface area contributed by atoms with E-state index in [4.69, 9.17) is 16.6 Å². The first kappa shape index (κ1) is 27.2. The SMILES string of the molecule is Cc1nc(CN(c2ccc(Cl)cc2)C2CCN(C3(C)CCN(C(=O)c4c(C)cccc4C)CC3)CC2)cs1. The fourth-order valence-corrected chi connectivity index (χ4v) is 6.98. The molecular formula is C31H39ClN4OS. The Morgan fingerprint density at radius 2 is 1.66 bits per heavy atom. The minimum absolute atomic E-state index is 0.139. The van der Waals surface area contributed by atoms with E-state index in [0.29, 0.717) is 6.04 Å². The fourth-order valence-electron chi connectivity index (χ4n) is 6.25. The standard InChI is InChI=1S/C31H39ClN4OS/c1-22-6-5-7-23(2)29(22)30(37)34-18-14-31(4,15-19-34)35-16-12-28(13-17-35)36(20-26-21-38-24(3)33-26)27-10-8-25(32)9-11-27/h5-11,21,28H,12-20H2,1-4H3. The summed E-state index contributed by atoms with van der Waals surface area (Å²) in [6, 6.07) is 14.8. The van der Waals surface area contributed by atoms with E-state index in [9.17, 15) is 4.79 Å². The van der Waals surface area contributed by atoms with Crippen LogP contribution in [0.1, 0.15) is 64.8 Å². The second-order valence-corrected chi connectivity index (χ2v) is 12.7. The first-order chi connectivity index (χ1) is 18.2. The molecule has 2 saturated heterocycles. The molecule has 38 heavy (non-hydrogen) atoms. The number of carbonyl (C=O) groups excluding carboxylic acids is 1. The lowest BCUT2D eigenvalue weighted by Crippen LogP contribution is -2.58. The van der Waals surface area contributed by atoms with E-state index in [1.807, 2.05) is 44.2 Å². The van der Waals surface area contributed by atoms with Crippen LogP contribution in [0.2, 0.25) is 5.02 Å². The van der Waals surface area contributed by atoms with E-state index in [0.717, 1.165) is 90.8 Å². The Morgan fingerprint density at radius 3 is 2.24 bits per heavy atom. The molecule has 3 heterocycles. The molecule has 0 unspecified atom stereocenters. The zero-order chi connectivity index (χ0) is 26.9. The maximum atomic E-state index is 13.3. The van der Waals surface area contributed by atoms with Gasteiger partial charge in [-0.1, -0.05) is 29.8 Å². The van der Waals surface area contributed by atoms with Gasteiger partial charge in [-0.05, 0) is 88.8 Å². The normalized spacial score (nSPS) is 18.5. The van der Waals surface area contributed by atoms with Gasteiger partial charge < -0.3 is 9.80 Å². The molecule has 202 valence electrons. The van der Waals surface area contributed by atoms with Crippen LogP contribution in [-0.2, 0) is 6.54 Å². The number of piperidine rings is 2. The highest BCUT2D eigenvalue weighted by molar-refractivity contribution is 7.09. The number of carbonyl (C=O) groups is 1. The molecule has 5 nitrogen and oxygen atoms in total. The van der Waals surface area contributed by atoms with Crippen LogP contribution in [-0.4, -0.2) is 58.5 Å². The number of hydrogen-bond acceptors (Lipinski definition) is 5. The maximum Gasteiger partial charge on any atom is 0.254 e. The number of likely N-dealkylation sites (tertiary alicyclic amines) is 2. The molecule has 0 N–H and O–H groups in total. The molecule has 2 aromatic carbocycles. The molecule has 2 aliphatic heterocycles. The van der Waals surface area contributed by atoms with Gasteiger partial charge in [0.25, 0.3) is 5.91 Å². The van der Waals surface area contributed by atoms with E-state index in [-0.39, 0.29) is 11.4 Å². The molecular weight excluding hydrogens is 512 g/mol. The lowest BCUT2D eigenvalue weighted by molar-refractivity contribution is 0.0170. The highest BCUT2D eigenvalue weighted by Crippen LogP contribution is 2.34. The number of amides is 1. The van der Waals surface area contributed by atoms with Crippen LogP contribution < -0.4 is 4.90 Å². The van der Waals surface area contributed by atoms with Crippen molar-refractivity contribution in [1.29, 1.82) is 0 Å². The molecule has 0 radical (unpaired) electrons. The summed E-state index contributed by atoms with van der Waals surface area (Å²) in [4.78, 5) is 25.4. The number of aromatic nitrogens is 1. The minimum atomic E-state index is 0.139. The van der Waals surface area contributed by atoms with Crippen molar-refractivity contribution in [2.45, 2.75) is 71.5 Å². The summed E-state index contributed by atoms with van der Waals surface area (Å²) in [5, 5.41) is 4.06. The first-order valence-corrected chi connectivity index (χ1v) is 15.0. The van der Waals surface area contributed by atoms with Crippen molar-refractivity contribution >= 4 is 34.5 Å². The van der Waals surface area contributed by atoms with E-state index in [1.54, 1.807) is 11.3 Å². The molecule has 1 amide bonds. The minimum Gasteiger partial charge on any atom is -0.363 e. The predicted molar refractivity (Wildman–Crippen MR) is 159 cm³/mol. The third kappa shape index (κ3) is 5.78. The second kappa shape index (κ2) is 11.4. The number of benzene rings is 2. The van der Waals surface area contributed by atoms with Crippen LogP contribution in [0, 0.1) is 20.8 Å². The van der Waals surface area contributed by atoms with E-state index in [2.05, 4.69) is 46.1 Å². The smallest absolute Gasteiger partial charge is 0.254 e. The summed E-state index contributed by atoms with van der Waals surface area (Å²) in [5.74, 6) is 0.192. The van der Waals surface area contributed by atoms with Crippen molar-refractivity contribution in [3.63, 3.8) is 0 Å². The molecule has 0 aliphatic carbocycles. The van der Waals surface area contributed by atoms with Gasteiger partial charge in [0.2, 0.25) is 0 Å². The van der Waals surface area contributed by atoms with E-state index < -0.39 is 0 Å². The highest BCUT2D eigenvalue weighted by atomic mass is 35.5. The molecule has 7 heteroatoms. The number of halogens is 1. The first-order valence-electron chi connectivity index (χ1n) is 13.8. The van der Waals surface area contributed by atoms with Gasteiger partial charge in [-0.2, -0.15) is 0 Å². The molecule has 0 saturated carbocycles. The fraction of sp³-hybridized carbons (Fsp3) is 0.484. The van der Waals surface area contributed by atoms with Crippen molar-refractivity contribution in [3.8, 4) is 0 Å². The summed E-state index contributed by atoms with van der Waals surface area (Å²) in [7, 11) is 0. The van der Waals surface area contributed by atoms with Crippen LogP contribution in [0.3, 0.4) is 0 Å². The molecule has 1 aromatic heterocycles. The average Bonchev–Trinajstić information content (AvgIpc) is 3.33. The van der Waals surface area contributed by atoms with Crippen molar-refractivity contribution < 1.29 is 4.79 Å². The third-order valence-corrected chi connectivity index (χ3v) is 9.72. The van der Waals surface area contributed by atoms with Crippen molar-refractivity contribution in [3.05, 3.63) is 80.3 Å². The van der Waals surface area contributed by atoms with E-state index in [1.165, 1.54) is 5.69 Å². The predicted octanol–water partition coefficient (Wildman–Crippen LogP) is 6.89. The lowest BCUT2D eigenvalue weighted by atomic mass is 9.85. The highest BCUT2D eigenvalue weighted by Gasteiger charge is 2.39. The molecule has 2 fully saturated rings. The second-order valence-electron chi connectivity index (χ2n) is 11.2. The van der Waals surface area contributed by atoms with Gasteiger partial charge in [0, 0.05) is 59.4 Å². The van der Waals surface area contributed by atoms with Crippen LogP contribution in [0.25, 0.3) is 0 Å². The molecule has 0 spiro atoms. The van der Waals surface area contributed by atoms with Gasteiger partial charge in [-0.3, -0.25) is 9.69 Å². The lowest BCUT2D eigenvalue weighted by Gasteiger charge is -2.50. The molecule has 0 atom stereocenters. The van der Waals surface area contributed by atoms with Crippen molar-refractivity contribution in [2.24, 2.45) is 0 Å². The van der Waals surface area contributed by atoms with Gasteiger partial charge >= 0.3 is 0 Å². The molecule has 5 rings (SSSR count). The summed E-state index contributed by atoms with van der Waals surface area (Å²) < 4.78 is 0. The number of rotatable bonds is 6. The monoisotopic (exact) mass is 550 g/mol. The zero-order valence-electron chi connectivity index (χ0n) is 23.0. The summed E-state index contributed by atoms with van der Waals surface area (Å²) in [6.07, 6.45) is 4.28. The Morgan fingerprint density at radius 1 is 1.03 bits per heavy atom. The van der Waals surface area contributed by atoms with Gasteiger partial charge in [0.1, 0.15) is 0 Å². The molecule has 2 aliphatic rings. The Hall–Kier alpha value is -2.41. The number of anilines is 1. The third-order valence-electron chi connectivity index (χ3n) is 8.65.